The lowest BCUT2D eigenvalue weighted by Crippen LogP contribution is -2.02. The number of rotatable bonds is 8. The molecule has 0 unspecified atom stereocenters. The highest BCUT2D eigenvalue weighted by molar-refractivity contribution is 6.14. The predicted octanol–water partition coefficient (Wildman–Crippen LogP) is 16.5. The highest BCUT2D eigenvalue weighted by Gasteiger charge is 2.23. The SMILES string of the molecule is c1ccc(-c2cc(-c3ccccc3)cc(-c3ccc(-c4nc(-c5ccccc5)nc(-c5ccccc5)n4)c(-c4cc(-n5c6ccccc6c6ccccc65)cc5c4oc4ccccc45)c3)c2)cc1. The zero-order chi connectivity index (χ0) is 45.0. The lowest BCUT2D eigenvalue weighted by atomic mass is 9.89. The van der Waals surface area contributed by atoms with Crippen molar-refractivity contribution in [2.75, 3.05) is 0 Å². The van der Waals surface area contributed by atoms with E-state index in [1.54, 1.807) is 0 Å². The average Bonchev–Trinajstić information content (AvgIpc) is 3.97. The number of furan rings is 1. The van der Waals surface area contributed by atoms with Gasteiger partial charge in [0.05, 0.1) is 11.0 Å². The predicted molar refractivity (Wildman–Crippen MR) is 279 cm³/mol. The van der Waals surface area contributed by atoms with Crippen LogP contribution in [-0.2, 0) is 0 Å². The molecule has 0 fully saturated rings. The third-order valence-electron chi connectivity index (χ3n) is 13.0. The molecular weight excluding hydrogens is 829 g/mol. The largest absolute Gasteiger partial charge is 0.455 e. The topological polar surface area (TPSA) is 56.7 Å². The van der Waals surface area contributed by atoms with Crippen LogP contribution in [-0.4, -0.2) is 19.5 Å². The Bertz CT molecular complexity index is 3840. The number of aromatic nitrogens is 4. The van der Waals surface area contributed by atoms with E-state index in [1.165, 1.54) is 10.8 Å². The van der Waals surface area contributed by atoms with Crippen LogP contribution in [0.25, 0.3) is 128 Å². The second-order valence-corrected chi connectivity index (χ2v) is 17.2. The van der Waals surface area contributed by atoms with Gasteiger partial charge in [0, 0.05) is 49.5 Å². The van der Waals surface area contributed by atoms with Crippen molar-refractivity contribution in [3.63, 3.8) is 0 Å². The molecule has 0 saturated carbocycles. The van der Waals surface area contributed by atoms with Crippen molar-refractivity contribution in [1.82, 2.24) is 19.5 Å². The van der Waals surface area contributed by atoms with Crippen molar-refractivity contribution in [2.45, 2.75) is 0 Å². The molecule has 0 bridgehead atoms. The number of hydrogen-bond acceptors (Lipinski definition) is 4. The molecule has 0 aliphatic heterocycles. The third kappa shape index (κ3) is 6.84. The molecule has 68 heavy (non-hydrogen) atoms. The molecule has 5 heteroatoms. The molecule has 318 valence electrons. The summed E-state index contributed by atoms with van der Waals surface area (Å²) in [5.74, 6) is 1.76. The van der Waals surface area contributed by atoms with Gasteiger partial charge in [-0.1, -0.05) is 182 Å². The molecule has 3 heterocycles. The van der Waals surface area contributed by atoms with E-state index in [1.807, 2.05) is 42.5 Å². The monoisotopic (exact) mass is 868 g/mol. The number of hydrogen-bond donors (Lipinski definition) is 0. The first-order chi connectivity index (χ1) is 33.7. The van der Waals surface area contributed by atoms with Gasteiger partial charge < -0.3 is 8.98 Å². The molecule has 0 atom stereocenters. The second-order valence-electron chi connectivity index (χ2n) is 17.2. The Morgan fingerprint density at radius 1 is 0.279 bits per heavy atom. The maximum atomic E-state index is 7.00. The van der Waals surface area contributed by atoms with Crippen molar-refractivity contribution >= 4 is 43.7 Å². The van der Waals surface area contributed by atoms with E-state index in [4.69, 9.17) is 19.4 Å². The van der Waals surface area contributed by atoms with Gasteiger partial charge >= 0.3 is 0 Å². The number of para-hydroxylation sites is 3. The molecule has 0 N–H and O–H groups in total. The molecule has 5 nitrogen and oxygen atoms in total. The minimum Gasteiger partial charge on any atom is -0.455 e. The molecule has 10 aromatic carbocycles. The number of benzene rings is 10. The van der Waals surface area contributed by atoms with Gasteiger partial charge in [-0.05, 0) is 99.6 Å². The Kier molecular flexibility index (Phi) is 9.43. The minimum absolute atomic E-state index is 0.564. The highest BCUT2D eigenvalue weighted by Crippen LogP contribution is 2.45. The normalized spacial score (nSPS) is 11.5. The molecule has 13 rings (SSSR count). The third-order valence-corrected chi connectivity index (χ3v) is 13.0. The molecule has 0 radical (unpaired) electrons. The zero-order valence-electron chi connectivity index (χ0n) is 36.8. The fraction of sp³-hybridized carbons (Fsp3) is 0. The van der Waals surface area contributed by atoms with Crippen LogP contribution in [0.1, 0.15) is 0 Å². The lowest BCUT2D eigenvalue weighted by molar-refractivity contribution is 0.670. The zero-order valence-corrected chi connectivity index (χ0v) is 36.8. The van der Waals surface area contributed by atoms with Gasteiger partial charge in [0.1, 0.15) is 11.2 Å². The van der Waals surface area contributed by atoms with Gasteiger partial charge in [-0.25, -0.2) is 15.0 Å². The average molecular weight is 869 g/mol. The molecular formula is C63H40N4O. The summed E-state index contributed by atoms with van der Waals surface area (Å²) in [6.45, 7) is 0. The maximum absolute atomic E-state index is 7.00. The molecule has 0 aliphatic carbocycles. The summed E-state index contributed by atoms with van der Waals surface area (Å²) in [4.78, 5) is 15.7. The Balaban J connectivity index is 1.13. The summed E-state index contributed by atoms with van der Waals surface area (Å²) < 4.78 is 9.39. The minimum atomic E-state index is 0.564. The molecule has 0 aliphatic rings. The first-order valence-corrected chi connectivity index (χ1v) is 22.9. The van der Waals surface area contributed by atoms with E-state index in [2.05, 4.69) is 205 Å². The first-order valence-electron chi connectivity index (χ1n) is 22.9. The fourth-order valence-electron chi connectivity index (χ4n) is 9.80. The van der Waals surface area contributed by atoms with Crippen LogP contribution >= 0.6 is 0 Å². The standard InChI is InChI=1S/C63H40N4O/c1-5-19-41(20-6-1)46-35-47(42-21-7-2-8-22-42)37-48(36-46)45-33-34-53(63-65-61(43-23-9-3-10-24-43)64-62(66-63)44-25-11-4-12-26-44)54(38-45)56-40-49(39-55-52-29-15-18-32-59(52)68-60(55)56)67-57-30-16-13-27-50(57)51-28-14-17-31-58(51)67/h1-40H. The van der Waals surface area contributed by atoms with Crippen LogP contribution in [0.4, 0.5) is 0 Å². The van der Waals surface area contributed by atoms with Crippen LogP contribution in [0.3, 0.4) is 0 Å². The van der Waals surface area contributed by atoms with Gasteiger partial charge in [0.25, 0.3) is 0 Å². The first kappa shape index (κ1) is 39.2. The molecule has 3 aromatic heterocycles. The van der Waals surface area contributed by atoms with E-state index < -0.39 is 0 Å². The Morgan fingerprint density at radius 3 is 1.29 bits per heavy atom. The number of nitrogens with zero attached hydrogens (tertiary/aromatic N) is 4. The molecule has 0 amide bonds. The van der Waals surface area contributed by atoms with Gasteiger partial charge in [-0.15, -0.1) is 0 Å². The van der Waals surface area contributed by atoms with Gasteiger partial charge in [0.2, 0.25) is 0 Å². The summed E-state index contributed by atoms with van der Waals surface area (Å²) in [6, 6.07) is 85.4. The summed E-state index contributed by atoms with van der Waals surface area (Å²) in [7, 11) is 0. The van der Waals surface area contributed by atoms with Gasteiger partial charge in [0.15, 0.2) is 17.5 Å². The molecule has 13 aromatic rings. The summed E-state index contributed by atoms with van der Waals surface area (Å²) in [6.07, 6.45) is 0. The number of fused-ring (bicyclic) bond motifs is 6. The van der Waals surface area contributed by atoms with Gasteiger partial charge in [-0.3, -0.25) is 0 Å². The van der Waals surface area contributed by atoms with Crippen molar-refractivity contribution in [1.29, 1.82) is 0 Å². The van der Waals surface area contributed by atoms with E-state index in [0.29, 0.717) is 17.5 Å². The summed E-state index contributed by atoms with van der Waals surface area (Å²) in [5.41, 5.74) is 16.1. The summed E-state index contributed by atoms with van der Waals surface area (Å²) in [5, 5.41) is 4.47. The van der Waals surface area contributed by atoms with Crippen molar-refractivity contribution in [3.05, 3.63) is 243 Å². The van der Waals surface area contributed by atoms with E-state index in [9.17, 15) is 0 Å². The van der Waals surface area contributed by atoms with Crippen LogP contribution < -0.4 is 0 Å². The molecule has 0 saturated heterocycles. The van der Waals surface area contributed by atoms with E-state index in [-0.39, 0.29) is 0 Å². The van der Waals surface area contributed by atoms with Crippen LogP contribution in [0.2, 0.25) is 0 Å². The summed E-state index contributed by atoms with van der Waals surface area (Å²) >= 11 is 0. The van der Waals surface area contributed by atoms with E-state index >= 15 is 0 Å². The Labute approximate surface area is 392 Å². The highest BCUT2D eigenvalue weighted by atomic mass is 16.3. The van der Waals surface area contributed by atoms with E-state index in [0.717, 1.165) is 99.9 Å². The second kappa shape index (κ2) is 16.4. The van der Waals surface area contributed by atoms with Crippen molar-refractivity contribution in [2.24, 2.45) is 0 Å². The van der Waals surface area contributed by atoms with Crippen LogP contribution in [0.15, 0.2) is 247 Å². The fourth-order valence-corrected chi connectivity index (χ4v) is 9.80. The lowest BCUT2D eigenvalue weighted by Gasteiger charge is -2.17. The van der Waals surface area contributed by atoms with Gasteiger partial charge in [-0.2, -0.15) is 0 Å². The Hall–Kier alpha value is -9.19. The maximum Gasteiger partial charge on any atom is 0.164 e. The molecule has 0 spiro atoms. The van der Waals surface area contributed by atoms with Crippen LogP contribution in [0, 0.1) is 0 Å². The van der Waals surface area contributed by atoms with Crippen molar-refractivity contribution in [3.8, 4) is 84.4 Å². The smallest absolute Gasteiger partial charge is 0.164 e. The Morgan fingerprint density at radius 2 is 0.735 bits per heavy atom. The quantitative estimate of drug-likeness (QED) is 0.153. The van der Waals surface area contributed by atoms with Crippen LogP contribution in [0.5, 0.6) is 0 Å². The van der Waals surface area contributed by atoms with Crippen molar-refractivity contribution < 1.29 is 4.42 Å².